The van der Waals surface area contributed by atoms with E-state index in [2.05, 4.69) is 37.0 Å². The number of Topliss-reactive ketones (excluding diaryl/α,β-unsaturated/α-hetero) is 1. The number of nitrogens with one attached hydrogen (secondary N) is 1. The molecule has 0 aliphatic carbocycles. The predicted octanol–water partition coefficient (Wildman–Crippen LogP) is -1.18. The molecule has 1 amide bonds. The van der Waals surface area contributed by atoms with Crippen LogP contribution in [0.15, 0.2) is 6.33 Å². The number of aromatic nitrogens is 4. The molecule has 2 aromatic rings. The Balaban J connectivity index is 1.52. The lowest BCUT2D eigenvalue weighted by Crippen LogP contribution is -2.42. The fourth-order valence-electron chi connectivity index (χ4n) is 4.29. The number of aliphatic hydroxyl groups is 2. The average Bonchev–Trinajstić information content (AvgIpc) is 3.36. The zero-order chi connectivity index (χ0) is 24.4. The SMILES string of the molecule is CCNC(=O)[C@H]1O[C@@H](n2cnc3c(N)nc(C#CCN4CCC(C(C)=O)CC4)nc32)[C@@H](O)C1O. The maximum Gasteiger partial charge on any atom is 0.252 e. The van der Waals surface area contributed by atoms with Crippen molar-refractivity contribution in [2.75, 3.05) is 31.9 Å². The van der Waals surface area contributed by atoms with Crippen molar-refractivity contribution in [1.29, 1.82) is 0 Å². The highest BCUT2D eigenvalue weighted by molar-refractivity contribution is 5.83. The summed E-state index contributed by atoms with van der Waals surface area (Å²) < 4.78 is 7.08. The molecule has 4 rings (SSSR count). The Bertz CT molecular complexity index is 1130. The van der Waals surface area contributed by atoms with Gasteiger partial charge in [0, 0.05) is 12.5 Å². The van der Waals surface area contributed by atoms with Crippen molar-refractivity contribution in [2.24, 2.45) is 5.92 Å². The summed E-state index contributed by atoms with van der Waals surface area (Å²) in [5.41, 5.74) is 6.62. The van der Waals surface area contributed by atoms with Gasteiger partial charge in [-0.25, -0.2) is 15.0 Å². The summed E-state index contributed by atoms with van der Waals surface area (Å²) in [4.78, 5) is 38.7. The third-order valence-corrected chi connectivity index (χ3v) is 6.24. The summed E-state index contributed by atoms with van der Waals surface area (Å²) in [6.07, 6.45) is -2.09. The van der Waals surface area contributed by atoms with Gasteiger partial charge in [0.1, 0.15) is 23.5 Å². The third-order valence-electron chi connectivity index (χ3n) is 6.24. The Morgan fingerprint density at radius 2 is 2.00 bits per heavy atom. The number of likely N-dealkylation sites (tertiary alicyclic amines) is 1. The van der Waals surface area contributed by atoms with Crippen molar-refractivity contribution >= 4 is 28.7 Å². The fraction of sp³-hybridized carbons (Fsp3) is 0.591. The number of piperidine rings is 1. The lowest BCUT2D eigenvalue weighted by Gasteiger charge is -2.29. The summed E-state index contributed by atoms with van der Waals surface area (Å²) in [7, 11) is 0. The lowest BCUT2D eigenvalue weighted by molar-refractivity contribution is -0.137. The monoisotopic (exact) mass is 471 g/mol. The Labute approximate surface area is 196 Å². The van der Waals surface area contributed by atoms with Crippen LogP contribution >= 0.6 is 0 Å². The number of nitrogen functional groups attached to an aromatic ring is 1. The molecule has 0 aromatic carbocycles. The minimum Gasteiger partial charge on any atom is -0.387 e. The Morgan fingerprint density at radius 1 is 1.26 bits per heavy atom. The van der Waals surface area contributed by atoms with Crippen molar-refractivity contribution in [3.63, 3.8) is 0 Å². The molecule has 2 aliphatic rings. The summed E-state index contributed by atoms with van der Waals surface area (Å²) in [5.74, 6) is 6.10. The van der Waals surface area contributed by atoms with Gasteiger partial charge >= 0.3 is 0 Å². The number of aliphatic hydroxyl groups excluding tert-OH is 2. The van der Waals surface area contributed by atoms with Crippen LogP contribution in [0.25, 0.3) is 11.2 Å². The Morgan fingerprint density at radius 3 is 2.68 bits per heavy atom. The fourth-order valence-corrected chi connectivity index (χ4v) is 4.29. The van der Waals surface area contributed by atoms with Gasteiger partial charge in [-0.15, -0.1) is 0 Å². The molecule has 2 aliphatic heterocycles. The number of amides is 1. The number of carbonyl (C=O) groups is 2. The molecule has 2 saturated heterocycles. The molecule has 182 valence electrons. The van der Waals surface area contributed by atoms with Gasteiger partial charge in [0.25, 0.3) is 5.91 Å². The van der Waals surface area contributed by atoms with Crippen LogP contribution in [0, 0.1) is 17.8 Å². The van der Waals surface area contributed by atoms with E-state index < -0.39 is 30.4 Å². The number of nitrogens with two attached hydrogens (primary N) is 1. The van der Waals surface area contributed by atoms with Gasteiger partial charge in [0.05, 0.1) is 12.9 Å². The number of nitrogens with zero attached hydrogens (tertiary/aromatic N) is 5. The van der Waals surface area contributed by atoms with Crippen LogP contribution in [0.5, 0.6) is 0 Å². The van der Waals surface area contributed by atoms with E-state index >= 15 is 0 Å². The summed E-state index contributed by atoms with van der Waals surface area (Å²) in [6.45, 7) is 5.86. The van der Waals surface area contributed by atoms with Crippen LogP contribution < -0.4 is 11.1 Å². The maximum atomic E-state index is 12.2. The summed E-state index contributed by atoms with van der Waals surface area (Å²) >= 11 is 0. The van der Waals surface area contributed by atoms with E-state index in [0.29, 0.717) is 18.6 Å². The van der Waals surface area contributed by atoms with Crippen LogP contribution in [0.3, 0.4) is 0 Å². The van der Waals surface area contributed by atoms with Crippen LogP contribution in [-0.2, 0) is 14.3 Å². The molecule has 4 atom stereocenters. The topological polar surface area (TPSA) is 169 Å². The number of hydrogen-bond acceptors (Lipinski definition) is 10. The second-order valence-electron chi connectivity index (χ2n) is 8.54. The van der Waals surface area contributed by atoms with Gasteiger partial charge in [-0.1, -0.05) is 5.92 Å². The zero-order valence-corrected chi connectivity index (χ0v) is 19.1. The molecule has 0 radical (unpaired) electrons. The van der Waals surface area contributed by atoms with Gasteiger partial charge in [0.15, 0.2) is 23.8 Å². The van der Waals surface area contributed by atoms with Crippen LogP contribution in [-0.4, -0.2) is 90.8 Å². The van der Waals surface area contributed by atoms with E-state index in [1.54, 1.807) is 13.8 Å². The largest absolute Gasteiger partial charge is 0.387 e. The molecular weight excluding hydrogens is 442 g/mol. The number of carbonyl (C=O) groups excluding carboxylic acids is 2. The molecule has 2 fully saturated rings. The maximum absolute atomic E-state index is 12.2. The van der Waals surface area contributed by atoms with Crippen molar-refractivity contribution in [1.82, 2.24) is 29.7 Å². The first-order valence-corrected chi connectivity index (χ1v) is 11.3. The lowest BCUT2D eigenvalue weighted by atomic mass is 9.93. The highest BCUT2D eigenvalue weighted by Gasteiger charge is 2.47. The standard InChI is InChI=1S/C22H29N7O5/c1-3-24-21(33)18-16(31)17(32)22(34-18)29-11-25-15-19(23)26-14(27-20(15)29)5-4-8-28-9-6-13(7-10-28)12(2)30/h11,13,16-18,22,31-32H,3,6-10H2,1-2H3,(H,24,33)(H2,23,26,27)/t16?,17-,18-,22+/m0/s1. The molecule has 2 aromatic heterocycles. The first kappa shape index (κ1) is 24.0. The predicted molar refractivity (Wildman–Crippen MR) is 121 cm³/mol. The normalized spacial score (nSPS) is 25.8. The highest BCUT2D eigenvalue weighted by Crippen LogP contribution is 2.32. The second kappa shape index (κ2) is 10.0. The van der Waals surface area contributed by atoms with Crippen molar-refractivity contribution in [2.45, 2.75) is 51.2 Å². The van der Waals surface area contributed by atoms with E-state index in [1.165, 1.54) is 10.9 Å². The number of likely N-dealkylation sites (N-methyl/N-ethyl adjacent to an activating group) is 1. The van der Waals surface area contributed by atoms with Crippen molar-refractivity contribution < 1.29 is 24.5 Å². The van der Waals surface area contributed by atoms with Gasteiger partial charge in [-0.05, 0) is 45.7 Å². The number of hydrogen-bond donors (Lipinski definition) is 4. The zero-order valence-electron chi connectivity index (χ0n) is 19.1. The molecule has 5 N–H and O–H groups in total. The number of ether oxygens (including phenoxy) is 1. The highest BCUT2D eigenvalue weighted by atomic mass is 16.6. The molecule has 0 saturated carbocycles. The molecule has 1 unspecified atom stereocenters. The number of ketones is 1. The van der Waals surface area contributed by atoms with E-state index in [-0.39, 0.29) is 29.0 Å². The number of rotatable bonds is 5. The van der Waals surface area contributed by atoms with Gasteiger partial charge in [-0.2, -0.15) is 0 Å². The molecule has 4 heterocycles. The van der Waals surface area contributed by atoms with Crippen LogP contribution in [0.2, 0.25) is 0 Å². The average molecular weight is 472 g/mol. The first-order chi connectivity index (χ1) is 16.3. The minimum atomic E-state index is -1.42. The molecular formula is C22H29N7O5. The van der Waals surface area contributed by atoms with E-state index in [1.807, 2.05) is 0 Å². The quantitative estimate of drug-likeness (QED) is 0.389. The van der Waals surface area contributed by atoms with Gasteiger partial charge in [0.2, 0.25) is 5.82 Å². The molecule has 12 nitrogen and oxygen atoms in total. The second-order valence-corrected chi connectivity index (χ2v) is 8.54. The van der Waals surface area contributed by atoms with Gasteiger partial charge < -0.3 is 26.0 Å². The van der Waals surface area contributed by atoms with Crippen LogP contribution in [0.1, 0.15) is 38.7 Å². The van der Waals surface area contributed by atoms with Gasteiger partial charge in [-0.3, -0.25) is 19.1 Å². The number of anilines is 1. The van der Waals surface area contributed by atoms with Crippen LogP contribution in [0.4, 0.5) is 5.82 Å². The minimum absolute atomic E-state index is 0.114. The van der Waals surface area contributed by atoms with E-state index in [0.717, 1.165) is 25.9 Å². The summed E-state index contributed by atoms with van der Waals surface area (Å²) in [5, 5.41) is 23.4. The first-order valence-electron chi connectivity index (χ1n) is 11.3. The summed E-state index contributed by atoms with van der Waals surface area (Å²) in [6, 6.07) is 0. The molecule has 12 heteroatoms. The van der Waals surface area contributed by atoms with Crippen molar-refractivity contribution in [3.8, 4) is 11.8 Å². The molecule has 0 bridgehead atoms. The molecule has 34 heavy (non-hydrogen) atoms. The number of imidazole rings is 1. The third kappa shape index (κ3) is 4.74. The Hall–Kier alpha value is -3.11. The van der Waals surface area contributed by atoms with E-state index in [9.17, 15) is 19.8 Å². The number of fused-ring (bicyclic) bond motifs is 1. The molecule has 0 spiro atoms. The smallest absolute Gasteiger partial charge is 0.252 e. The Kier molecular flexibility index (Phi) is 7.08. The van der Waals surface area contributed by atoms with Crippen molar-refractivity contribution in [3.05, 3.63) is 12.2 Å². The van der Waals surface area contributed by atoms with E-state index in [4.69, 9.17) is 10.5 Å².